The maximum Gasteiger partial charge on any atom is 0.131 e. The van der Waals surface area contributed by atoms with Crippen molar-refractivity contribution in [2.45, 2.75) is 19.8 Å². The van der Waals surface area contributed by atoms with E-state index in [9.17, 15) is 0 Å². The summed E-state index contributed by atoms with van der Waals surface area (Å²) in [5.41, 5.74) is 9.08. The van der Waals surface area contributed by atoms with E-state index in [-0.39, 0.29) is 0 Å². The van der Waals surface area contributed by atoms with Crippen LogP contribution in [0.15, 0.2) is 36.7 Å². The number of anilines is 1. The van der Waals surface area contributed by atoms with Crippen LogP contribution in [0.3, 0.4) is 0 Å². The van der Waals surface area contributed by atoms with E-state index in [1.807, 2.05) is 24.5 Å². The average molecular weight is 270 g/mol. The molecule has 0 saturated heterocycles. The van der Waals surface area contributed by atoms with E-state index in [2.05, 4.69) is 41.0 Å². The quantitative estimate of drug-likeness (QED) is 0.872. The van der Waals surface area contributed by atoms with Crippen molar-refractivity contribution in [1.29, 1.82) is 0 Å². The number of aryl methyl sites for hydroxylation is 1. The number of pyridine rings is 2. The highest BCUT2D eigenvalue weighted by Crippen LogP contribution is 2.17. The minimum atomic E-state index is 0.663. The number of likely N-dealkylation sites (N-methyl/N-ethyl adjacent to an activating group) is 1. The molecule has 2 aromatic rings. The lowest BCUT2D eigenvalue weighted by atomic mass is 10.1. The van der Waals surface area contributed by atoms with Crippen LogP contribution in [-0.2, 0) is 12.8 Å². The molecule has 0 aliphatic heterocycles. The third-order valence-electron chi connectivity index (χ3n) is 3.33. The summed E-state index contributed by atoms with van der Waals surface area (Å²) < 4.78 is 0. The predicted octanol–water partition coefficient (Wildman–Crippen LogP) is 1.97. The van der Waals surface area contributed by atoms with Gasteiger partial charge < -0.3 is 10.6 Å². The zero-order valence-corrected chi connectivity index (χ0v) is 12.2. The first-order valence-corrected chi connectivity index (χ1v) is 6.97. The van der Waals surface area contributed by atoms with Gasteiger partial charge in [-0.05, 0) is 43.1 Å². The van der Waals surface area contributed by atoms with Gasteiger partial charge in [0.2, 0.25) is 0 Å². The smallest absolute Gasteiger partial charge is 0.131 e. The maximum absolute atomic E-state index is 5.58. The molecule has 0 atom stereocenters. The molecule has 2 aromatic heterocycles. The highest BCUT2D eigenvalue weighted by molar-refractivity contribution is 5.46. The third-order valence-corrected chi connectivity index (χ3v) is 3.33. The molecule has 4 heteroatoms. The zero-order chi connectivity index (χ0) is 14.4. The van der Waals surface area contributed by atoms with Gasteiger partial charge in [0.25, 0.3) is 0 Å². The molecule has 2 heterocycles. The molecular formula is C16H22N4. The summed E-state index contributed by atoms with van der Waals surface area (Å²) in [4.78, 5) is 11.1. The standard InChI is InChI=1S/C16H22N4/c1-13-11-14(6-8-17)12-19-16(13)20(2)10-7-15-5-3-4-9-18-15/h3-5,9,11-12H,6-8,10,17H2,1-2H3. The van der Waals surface area contributed by atoms with Crippen LogP contribution in [0.2, 0.25) is 0 Å². The molecule has 106 valence electrons. The monoisotopic (exact) mass is 270 g/mol. The Labute approximate surface area is 120 Å². The predicted molar refractivity (Wildman–Crippen MR) is 82.9 cm³/mol. The molecule has 4 nitrogen and oxygen atoms in total. The summed E-state index contributed by atoms with van der Waals surface area (Å²) >= 11 is 0. The second-order valence-electron chi connectivity index (χ2n) is 5.02. The maximum atomic E-state index is 5.58. The van der Waals surface area contributed by atoms with Crippen molar-refractivity contribution in [3.05, 3.63) is 53.5 Å². The molecule has 0 unspecified atom stereocenters. The van der Waals surface area contributed by atoms with Crippen LogP contribution in [0.25, 0.3) is 0 Å². The van der Waals surface area contributed by atoms with Crippen LogP contribution >= 0.6 is 0 Å². The van der Waals surface area contributed by atoms with Gasteiger partial charge in [-0.3, -0.25) is 4.98 Å². The van der Waals surface area contributed by atoms with Gasteiger partial charge in [-0.15, -0.1) is 0 Å². The van der Waals surface area contributed by atoms with Crippen LogP contribution in [-0.4, -0.2) is 30.1 Å². The molecule has 0 aliphatic carbocycles. The molecular weight excluding hydrogens is 248 g/mol. The van der Waals surface area contributed by atoms with E-state index < -0.39 is 0 Å². The molecule has 0 radical (unpaired) electrons. The summed E-state index contributed by atoms with van der Waals surface area (Å²) in [7, 11) is 2.07. The Morgan fingerprint density at radius 1 is 1.20 bits per heavy atom. The van der Waals surface area contributed by atoms with Gasteiger partial charge in [0, 0.05) is 38.1 Å². The Bertz CT molecular complexity index is 539. The van der Waals surface area contributed by atoms with Crippen LogP contribution in [0.4, 0.5) is 5.82 Å². The number of nitrogens with two attached hydrogens (primary N) is 1. The van der Waals surface area contributed by atoms with Crippen molar-refractivity contribution < 1.29 is 0 Å². The zero-order valence-electron chi connectivity index (χ0n) is 12.2. The Hall–Kier alpha value is -1.94. The Balaban J connectivity index is 2.00. The van der Waals surface area contributed by atoms with Gasteiger partial charge in [-0.25, -0.2) is 4.98 Å². The lowest BCUT2D eigenvalue weighted by Crippen LogP contribution is -2.22. The first kappa shape index (κ1) is 14.5. The van der Waals surface area contributed by atoms with E-state index in [1.54, 1.807) is 0 Å². The second kappa shape index (κ2) is 7.01. The number of aromatic nitrogens is 2. The lowest BCUT2D eigenvalue weighted by Gasteiger charge is -2.20. The highest BCUT2D eigenvalue weighted by atomic mass is 15.2. The third kappa shape index (κ3) is 3.78. The summed E-state index contributed by atoms with van der Waals surface area (Å²) in [5, 5.41) is 0. The molecule has 2 rings (SSSR count). The largest absolute Gasteiger partial charge is 0.359 e. The van der Waals surface area contributed by atoms with E-state index in [4.69, 9.17) is 5.73 Å². The molecule has 0 spiro atoms. The van der Waals surface area contributed by atoms with Gasteiger partial charge in [0.1, 0.15) is 5.82 Å². The van der Waals surface area contributed by atoms with E-state index in [1.165, 1.54) is 11.1 Å². The summed E-state index contributed by atoms with van der Waals surface area (Å²) in [6.45, 7) is 3.66. The topological polar surface area (TPSA) is 55.0 Å². The molecule has 0 aliphatic rings. The van der Waals surface area contributed by atoms with Crippen molar-refractivity contribution in [1.82, 2.24) is 9.97 Å². The van der Waals surface area contributed by atoms with Crippen LogP contribution in [0, 0.1) is 6.92 Å². The van der Waals surface area contributed by atoms with Gasteiger partial charge in [-0.1, -0.05) is 12.1 Å². The van der Waals surface area contributed by atoms with Crippen LogP contribution in [0.5, 0.6) is 0 Å². The molecule has 0 aromatic carbocycles. The Morgan fingerprint density at radius 3 is 2.70 bits per heavy atom. The molecule has 20 heavy (non-hydrogen) atoms. The summed E-state index contributed by atoms with van der Waals surface area (Å²) in [6.07, 6.45) is 5.56. The summed E-state index contributed by atoms with van der Waals surface area (Å²) in [5.74, 6) is 1.03. The molecule has 2 N–H and O–H groups in total. The second-order valence-corrected chi connectivity index (χ2v) is 5.02. The summed E-state index contributed by atoms with van der Waals surface area (Å²) in [6, 6.07) is 8.19. The molecule has 0 bridgehead atoms. The van der Waals surface area contributed by atoms with Crippen LogP contribution < -0.4 is 10.6 Å². The number of hydrogen-bond acceptors (Lipinski definition) is 4. The fourth-order valence-corrected chi connectivity index (χ4v) is 2.26. The average Bonchev–Trinajstić information content (AvgIpc) is 2.46. The highest BCUT2D eigenvalue weighted by Gasteiger charge is 2.07. The Kier molecular flexibility index (Phi) is 5.07. The number of nitrogens with zero attached hydrogens (tertiary/aromatic N) is 3. The lowest BCUT2D eigenvalue weighted by molar-refractivity contribution is 0.832. The Morgan fingerprint density at radius 2 is 2.05 bits per heavy atom. The SMILES string of the molecule is Cc1cc(CCN)cnc1N(C)CCc1ccccn1. The normalized spacial score (nSPS) is 10.6. The van der Waals surface area contributed by atoms with Crippen molar-refractivity contribution in [2.24, 2.45) is 5.73 Å². The van der Waals surface area contributed by atoms with Gasteiger partial charge in [-0.2, -0.15) is 0 Å². The minimum Gasteiger partial charge on any atom is -0.359 e. The minimum absolute atomic E-state index is 0.663. The van der Waals surface area contributed by atoms with E-state index >= 15 is 0 Å². The van der Waals surface area contributed by atoms with Crippen LogP contribution in [0.1, 0.15) is 16.8 Å². The molecule has 0 fully saturated rings. The van der Waals surface area contributed by atoms with E-state index in [0.29, 0.717) is 6.54 Å². The first-order chi connectivity index (χ1) is 9.70. The van der Waals surface area contributed by atoms with Crippen molar-refractivity contribution in [3.63, 3.8) is 0 Å². The fraction of sp³-hybridized carbons (Fsp3) is 0.375. The van der Waals surface area contributed by atoms with Crippen molar-refractivity contribution in [3.8, 4) is 0 Å². The fourth-order valence-electron chi connectivity index (χ4n) is 2.26. The molecule has 0 amide bonds. The van der Waals surface area contributed by atoms with Gasteiger partial charge in [0.15, 0.2) is 0 Å². The number of rotatable bonds is 6. The molecule has 0 saturated carbocycles. The van der Waals surface area contributed by atoms with Crippen molar-refractivity contribution >= 4 is 5.82 Å². The van der Waals surface area contributed by atoms with Gasteiger partial charge in [0.05, 0.1) is 0 Å². The van der Waals surface area contributed by atoms with Crippen molar-refractivity contribution in [2.75, 3.05) is 25.0 Å². The number of hydrogen-bond donors (Lipinski definition) is 1. The first-order valence-electron chi connectivity index (χ1n) is 6.97. The van der Waals surface area contributed by atoms with E-state index in [0.717, 1.165) is 30.9 Å². The van der Waals surface area contributed by atoms with Gasteiger partial charge >= 0.3 is 0 Å².